The van der Waals surface area contributed by atoms with Crippen molar-refractivity contribution in [1.29, 1.82) is 0 Å². The first kappa shape index (κ1) is 31.8. The van der Waals surface area contributed by atoms with Crippen molar-refractivity contribution in [3.63, 3.8) is 0 Å². The molecule has 224 valence electrons. The minimum absolute atomic E-state index is 0.0363. The maximum atomic E-state index is 12.6. The highest BCUT2D eigenvalue weighted by atomic mass is 16.6. The number of alkyl carbamates (subject to hydrolysis) is 1. The van der Waals surface area contributed by atoms with Crippen LogP contribution in [0.3, 0.4) is 0 Å². The number of epoxide rings is 2. The normalized spacial score (nSPS) is 31.0. The lowest BCUT2D eigenvalue weighted by Crippen LogP contribution is -2.56. The third-order valence-electron chi connectivity index (χ3n) is 8.53. The van der Waals surface area contributed by atoms with Crippen LogP contribution in [0.4, 0.5) is 4.79 Å². The highest BCUT2D eigenvalue weighted by Gasteiger charge is 2.72. The molecule has 3 N–H and O–H groups in total. The Labute approximate surface area is 235 Å². The zero-order valence-electron chi connectivity index (χ0n) is 24.9. The zero-order valence-corrected chi connectivity index (χ0v) is 24.9. The predicted molar refractivity (Wildman–Crippen MR) is 152 cm³/mol. The summed E-state index contributed by atoms with van der Waals surface area (Å²) in [7, 11) is 3.48. The zero-order chi connectivity index (χ0) is 28.3. The molecule has 0 aromatic rings. The summed E-state index contributed by atoms with van der Waals surface area (Å²) in [6, 6.07) is 0. The third-order valence-corrected chi connectivity index (χ3v) is 8.53. The first-order valence-electron chi connectivity index (χ1n) is 15.1. The monoisotopic (exact) mass is 551 g/mol. The van der Waals surface area contributed by atoms with Gasteiger partial charge in [-0.15, -0.1) is 0 Å². The summed E-state index contributed by atoms with van der Waals surface area (Å²) < 4.78 is 24.1. The number of allylic oxidation sites excluding steroid dienone is 1. The number of hydrogen-bond acceptors (Lipinski definition) is 7. The molecule has 3 fully saturated rings. The SMILES string of the molecule is CNCC(=O)NCCCCCCCCCCNC(=O)OC1CC[C@]2(CO2)C([C@@]2(C)O[C@@H]2CC=C(C)C)C1OC. The molecular formula is C30H53N3O6. The molecule has 2 aliphatic heterocycles. The Hall–Kier alpha value is -1.68. The van der Waals surface area contributed by atoms with Gasteiger partial charge in [0.1, 0.15) is 23.4 Å². The van der Waals surface area contributed by atoms with Crippen LogP contribution in [-0.2, 0) is 23.7 Å². The molecule has 0 aromatic heterocycles. The fourth-order valence-electron chi connectivity index (χ4n) is 6.20. The number of unbranched alkanes of at least 4 members (excludes halogenated alkanes) is 7. The Morgan fingerprint density at radius 2 is 1.62 bits per heavy atom. The molecule has 0 radical (unpaired) electrons. The molecule has 3 unspecified atom stereocenters. The Kier molecular flexibility index (Phi) is 12.5. The number of ether oxygens (including phenoxy) is 4. The van der Waals surface area contributed by atoms with Crippen LogP contribution in [-0.4, -0.2) is 81.9 Å². The number of rotatable bonds is 18. The van der Waals surface area contributed by atoms with Gasteiger partial charge in [0.05, 0.1) is 25.2 Å². The van der Waals surface area contributed by atoms with Gasteiger partial charge in [0, 0.05) is 20.2 Å². The fourth-order valence-corrected chi connectivity index (χ4v) is 6.20. The second-order valence-corrected chi connectivity index (χ2v) is 12.0. The van der Waals surface area contributed by atoms with Crippen molar-refractivity contribution in [2.45, 2.75) is 121 Å². The average Bonchev–Trinajstić information content (AvgIpc) is 3.81. The average molecular weight is 552 g/mol. The van der Waals surface area contributed by atoms with Gasteiger partial charge in [0.25, 0.3) is 0 Å². The molecule has 1 spiro atoms. The summed E-state index contributed by atoms with van der Waals surface area (Å²) in [5.41, 5.74) is 0.742. The van der Waals surface area contributed by atoms with Crippen LogP contribution >= 0.6 is 0 Å². The number of carbonyl (C=O) groups excluding carboxylic acids is 2. The Morgan fingerprint density at radius 1 is 1.00 bits per heavy atom. The fraction of sp³-hybridized carbons (Fsp3) is 0.867. The number of methoxy groups -OCH3 is 1. The van der Waals surface area contributed by atoms with Gasteiger partial charge in [0.15, 0.2) is 0 Å². The van der Waals surface area contributed by atoms with Crippen LogP contribution in [0.5, 0.6) is 0 Å². The molecule has 0 bridgehead atoms. The molecule has 9 nitrogen and oxygen atoms in total. The first-order valence-corrected chi connectivity index (χ1v) is 15.1. The number of amides is 2. The summed E-state index contributed by atoms with van der Waals surface area (Å²) in [6.45, 7) is 8.85. The molecule has 2 amide bonds. The van der Waals surface area contributed by atoms with Gasteiger partial charge in [-0.3, -0.25) is 4.79 Å². The molecule has 1 saturated carbocycles. The molecule has 2 heterocycles. The molecule has 9 heteroatoms. The Balaban J connectivity index is 1.28. The first-order chi connectivity index (χ1) is 18.8. The van der Waals surface area contributed by atoms with Gasteiger partial charge in [-0.25, -0.2) is 4.79 Å². The third kappa shape index (κ3) is 9.44. The van der Waals surface area contributed by atoms with E-state index in [1.807, 2.05) is 0 Å². The molecule has 3 rings (SSSR count). The molecular weight excluding hydrogens is 498 g/mol. The van der Waals surface area contributed by atoms with Crippen molar-refractivity contribution in [3.8, 4) is 0 Å². The van der Waals surface area contributed by atoms with Crippen LogP contribution in [0.1, 0.15) is 91.4 Å². The van der Waals surface area contributed by atoms with Crippen LogP contribution in [0.2, 0.25) is 0 Å². The van der Waals surface area contributed by atoms with E-state index in [4.69, 9.17) is 18.9 Å². The lowest BCUT2D eigenvalue weighted by molar-refractivity contribution is -0.120. The predicted octanol–water partition coefficient (Wildman–Crippen LogP) is 4.25. The van der Waals surface area contributed by atoms with Gasteiger partial charge in [-0.05, 0) is 59.9 Å². The summed E-state index contributed by atoms with van der Waals surface area (Å²) >= 11 is 0. The second-order valence-electron chi connectivity index (χ2n) is 12.0. The second kappa shape index (κ2) is 15.4. The van der Waals surface area contributed by atoms with E-state index in [0.29, 0.717) is 13.1 Å². The minimum atomic E-state index is -0.363. The summed E-state index contributed by atoms with van der Waals surface area (Å²) in [5.74, 6) is 0.0954. The van der Waals surface area contributed by atoms with E-state index in [1.165, 1.54) is 31.3 Å². The van der Waals surface area contributed by atoms with Gasteiger partial charge in [0.2, 0.25) is 5.91 Å². The number of carbonyl (C=O) groups is 2. The van der Waals surface area contributed by atoms with Crippen LogP contribution in [0.15, 0.2) is 11.6 Å². The largest absolute Gasteiger partial charge is 0.443 e. The van der Waals surface area contributed by atoms with E-state index in [0.717, 1.165) is 58.1 Å². The van der Waals surface area contributed by atoms with Crippen LogP contribution in [0, 0.1) is 5.92 Å². The lowest BCUT2D eigenvalue weighted by Gasteiger charge is -2.42. The summed E-state index contributed by atoms with van der Waals surface area (Å²) in [5, 5.41) is 8.70. The van der Waals surface area contributed by atoms with Crippen molar-refractivity contribution >= 4 is 12.0 Å². The number of hydrogen-bond donors (Lipinski definition) is 3. The molecule has 0 aromatic carbocycles. The topological polar surface area (TPSA) is 114 Å². The van der Waals surface area contributed by atoms with E-state index < -0.39 is 0 Å². The molecule has 1 aliphatic carbocycles. The smallest absolute Gasteiger partial charge is 0.407 e. The van der Waals surface area contributed by atoms with E-state index in [-0.39, 0.29) is 47.4 Å². The summed E-state index contributed by atoms with van der Waals surface area (Å²) in [6.07, 6.45) is 12.9. The lowest BCUT2D eigenvalue weighted by atomic mass is 9.68. The Morgan fingerprint density at radius 3 is 2.18 bits per heavy atom. The number of likely N-dealkylation sites (N-methyl/N-ethyl adjacent to an activating group) is 1. The summed E-state index contributed by atoms with van der Waals surface area (Å²) in [4.78, 5) is 24.0. The molecule has 2 saturated heterocycles. The number of nitrogens with one attached hydrogen (secondary N) is 3. The standard InChI is InChI=1S/C30H53N3O6/c1-22(2)14-15-24-29(3,39-24)27-26(36-5)23(16-17-30(27)21-37-30)38-28(35)33-19-13-11-9-7-6-8-10-12-18-32-25(34)20-31-4/h14,23-24,26-27,31H,6-13,15-21H2,1-5H3,(H,32,34)(H,33,35)/t23?,24-,26?,27?,29+,30+/m1/s1. The van der Waals surface area contributed by atoms with E-state index in [9.17, 15) is 9.59 Å². The van der Waals surface area contributed by atoms with Crippen molar-refractivity contribution in [3.05, 3.63) is 11.6 Å². The van der Waals surface area contributed by atoms with Gasteiger partial charge in [-0.2, -0.15) is 0 Å². The molecule has 3 aliphatic rings. The van der Waals surface area contributed by atoms with Gasteiger partial charge in [-0.1, -0.05) is 50.2 Å². The highest BCUT2D eigenvalue weighted by Crippen LogP contribution is 2.59. The maximum Gasteiger partial charge on any atom is 0.407 e. The van der Waals surface area contributed by atoms with Gasteiger partial charge < -0.3 is 34.9 Å². The maximum absolute atomic E-state index is 12.6. The Bertz CT molecular complexity index is 813. The van der Waals surface area contributed by atoms with Gasteiger partial charge >= 0.3 is 6.09 Å². The van der Waals surface area contributed by atoms with Crippen LogP contribution in [0.25, 0.3) is 0 Å². The van der Waals surface area contributed by atoms with E-state index in [2.05, 4.69) is 42.8 Å². The van der Waals surface area contributed by atoms with E-state index >= 15 is 0 Å². The van der Waals surface area contributed by atoms with Crippen molar-refractivity contribution in [1.82, 2.24) is 16.0 Å². The molecule has 39 heavy (non-hydrogen) atoms. The molecule has 6 atom stereocenters. The van der Waals surface area contributed by atoms with Crippen molar-refractivity contribution < 1.29 is 28.5 Å². The van der Waals surface area contributed by atoms with Crippen LogP contribution < -0.4 is 16.0 Å². The quantitative estimate of drug-likeness (QED) is 0.133. The minimum Gasteiger partial charge on any atom is -0.443 e. The van der Waals surface area contributed by atoms with Crippen molar-refractivity contribution in [2.24, 2.45) is 5.92 Å². The van der Waals surface area contributed by atoms with E-state index in [1.54, 1.807) is 14.2 Å². The van der Waals surface area contributed by atoms with Crippen molar-refractivity contribution in [2.75, 3.05) is 40.4 Å². The highest BCUT2D eigenvalue weighted by molar-refractivity contribution is 5.77.